The maximum atomic E-state index is 13.0. The van der Waals surface area contributed by atoms with Crippen LogP contribution in [0, 0.1) is 11.8 Å². The Morgan fingerprint density at radius 3 is 2.31 bits per heavy atom. The van der Waals surface area contributed by atoms with Crippen molar-refractivity contribution in [3.8, 4) is 0 Å². The highest BCUT2D eigenvalue weighted by atomic mass is 16.7. The number of carbonyl (C=O) groups excluding carboxylic acids is 2. The van der Waals surface area contributed by atoms with Crippen LogP contribution in [-0.4, -0.2) is 23.2 Å². The molecule has 0 bridgehead atoms. The Morgan fingerprint density at radius 1 is 0.974 bits per heavy atom. The topological polar surface area (TPSA) is 123 Å². The van der Waals surface area contributed by atoms with E-state index in [-0.39, 0.29) is 36.6 Å². The second-order valence-electron chi connectivity index (χ2n) is 9.93. The van der Waals surface area contributed by atoms with Crippen molar-refractivity contribution in [3.05, 3.63) is 107 Å². The summed E-state index contributed by atoms with van der Waals surface area (Å²) in [5.41, 5.74) is 10.1. The van der Waals surface area contributed by atoms with Crippen LogP contribution in [0.25, 0.3) is 0 Å². The third kappa shape index (κ3) is 7.69. The molecule has 8 nitrogen and oxygen atoms in total. The van der Waals surface area contributed by atoms with Gasteiger partial charge in [0.05, 0.1) is 24.6 Å². The number of para-hydroxylation sites is 2. The Kier molecular flexibility index (Phi) is 9.35. The van der Waals surface area contributed by atoms with Crippen LogP contribution >= 0.6 is 0 Å². The Hall–Kier alpha value is -4.14. The quantitative estimate of drug-likeness (QED) is 0.281. The fourth-order valence-corrected chi connectivity index (χ4v) is 4.19. The summed E-state index contributed by atoms with van der Waals surface area (Å²) in [6.07, 6.45) is 1.98. The molecule has 0 aliphatic carbocycles. The Morgan fingerprint density at radius 2 is 1.64 bits per heavy atom. The largest absolute Gasteiger partial charge is 0.459 e. The molecule has 0 fully saturated rings. The molecule has 204 valence electrons. The molecule has 1 aliphatic rings. The SMILES string of the molecule is CC(C)[C@H]1C=C(C(=O)NCc2ccc(C(=O)Nc3ccccc3N)cc2)O[C@@H](OCc2ccc(CO)cc2)C1. The number of amides is 2. The molecular formula is C31H35N3O5. The molecule has 0 unspecified atom stereocenters. The number of nitrogen functional groups attached to an aromatic ring is 1. The van der Waals surface area contributed by atoms with Crippen molar-refractivity contribution in [2.45, 2.75) is 46.3 Å². The van der Waals surface area contributed by atoms with E-state index >= 15 is 0 Å². The fraction of sp³-hybridized carbons (Fsp3) is 0.290. The third-order valence-electron chi connectivity index (χ3n) is 6.69. The van der Waals surface area contributed by atoms with Gasteiger partial charge in [-0.15, -0.1) is 0 Å². The van der Waals surface area contributed by atoms with E-state index in [0.717, 1.165) is 16.7 Å². The Bertz CT molecular complexity index is 1300. The lowest BCUT2D eigenvalue weighted by Crippen LogP contribution is -2.34. The lowest BCUT2D eigenvalue weighted by molar-refractivity contribution is -0.155. The summed E-state index contributed by atoms with van der Waals surface area (Å²) in [4.78, 5) is 25.5. The van der Waals surface area contributed by atoms with Gasteiger partial charge in [-0.05, 0) is 58.9 Å². The van der Waals surface area contributed by atoms with Crippen LogP contribution < -0.4 is 16.4 Å². The fourth-order valence-electron chi connectivity index (χ4n) is 4.19. The molecule has 1 aliphatic heterocycles. The van der Waals surface area contributed by atoms with Crippen LogP contribution in [0.5, 0.6) is 0 Å². The summed E-state index contributed by atoms with van der Waals surface area (Å²) in [7, 11) is 0. The Balaban J connectivity index is 1.32. The van der Waals surface area contributed by atoms with Gasteiger partial charge < -0.3 is 30.9 Å². The van der Waals surface area contributed by atoms with Crippen molar-refractivity contribution in [1.82, 2.24) is 5.32 Å². The zero-order valence-electron chi connectivity index (χ0n) is 22.2. The molecule has 5 N–H and O–H groups in total. The summed E-state index contributed by atoms with van der Waals surface area (Å²) >= 11 is 0. The van der Waals surface area contributed by atoms with Gasteiger partial charge in [-0.2, -0.15) is 0 Å². The molecule has 0 spiro atoms. The van der Waals surface area contributed by atoms with Crippen molar-refractivity contribution in [2.24, 2.45) is 11.8 Å². The van der Waals surface area contributed by atoms with E-state index in [1.54, 1.807) is 48.5 Å². The molecular weight excluding hydrogens is 494 g/mol. The average Bonchev–Trinajstić information content (AvgIpc) is 2.96. The van der Waals surface area contributed by atoms with Gasteiger partial charge in [0, 0.05) is 18.5 Å². The first-order valence-corrected chi connectivity index (χ1v) is 13.0. The monoisotopic (exact) mass is 529 g/mol. The summed E-state index contributed by atoms with van der Waals surface area (Å²) < 4.78 is 11.9. The van der Waals surface area contributed by atoms with Gasteiger partial charge in [-0.1, -0.05) is 62.4 Å². The maximum absolute atomic E-state index is 13.0. The van der Waals surface area contributed by atoms with Gasteiger partial charge in [0.25, 0.3) is 11.8 Å². The van der Waals surface area contributed by atoms with Crippen LogP contribution in [0.4, 0.5) is 11.4 Å². The molecule has 0 saturated heterocycles. The molecule has 0 radical (unpaired) electrons. The van der Waals surface area contributed by atoms with E-state index < -0.39 is 6.29 Å². The molecule has 39 heavy (non-hydrogen) atoms. The number of allylic oxidation sites excluding steroid dienone is 1. The lowest BCUT2D eigenvalue weighted by atomic mass is 9.90. The van der Waals surface area contributed by atoms with Gasteiger partial charge >= 0.3 is 0 Å². The number of anilines is 2. The van der Waals surface area contributed by atoms with E-state index in [9.17, 15) is 14.7 Å². The van der Waals surface area contributed by atoms with E-state index in [4.69, 9.17) is 15.2 Å². The molecule has 2 amide bonds. The first kappa shape index (κ1) is 27.9. The number of carbonyl (C=O) groups is 2. The predicted molar refractivity (Wildman–Crippen MR) is 150 cm³/mol. The summed E-state index contributed by atoms with van der Waals surface area (Å²) in [5.74, 6) is 0.119. The Labute approximate surface area is 228 Å². The lowest BCUT2D eigenvalue weighted by Gasteiger charge is -2.31. The first-order chi connectivity index (χ1) is 18.8. The van der Waals surface area contributed by atoms with Gasteiger partial charge in [0.15, 0.2) is 5.76 Å². The van der Waals surface area contributed by atoms with Gasteiger partial charge in [0.2, 0.25) is 6.29 Å². The number of nitrogens with one attached hydrogen (secondary N) is 2. The molecule has 0 aromatic heterocycles. The minimum Gasteiger partial charge on any atom is -0.459 e. The van der Waals surface area contributed by atoms with Crippen molar-refractivity contribution < 1.29 is 24.2 Å². The zero-order chi connectivity index (χ0) is 27.8. The first-order valence-electron chi connectivity index (χ1n) is 13.0. The number of aliphatic hydroxyl groups excluding tert-OH is 1. The smallest absolute Gasteiger partial charge is 0.286 e. The number of aliphatic hydroxyl groups is 1. The van der Waals surface area contributed by atoms with Crippen molar-refractivity contribution in [1.29, 1.82) is 0 Å². The highest BCUT2D eigenvalue weighted by molar-refractivity contribution is 6.05. The molecule has 1 heterocycles. The summed E-state index contributed by atoms with van der Waals surface area (Å²) in [6, 6.07) is 21.6. The van der Waals surface area contributed by atoms with E-state index in [2.05, 4.69) is 24.5 Å². The minimum absolute atomic E-state index is 0.00447. The number of benzene rings is 3. The van der Waals surface area contributed by atoms with E-state index in [1.807, 2.05) is 30.3 Å². The van der Waals surface area contributed by atoms with Gasteiger partial charge in [-0.3, -0.25) is 9.59 Å². The van der Waals surface area contributed by atoms with Gasteiger partial charge in [0.1, 0.15) is 0 Å². The minimum atomic E-state index is -0.544. The van der Waals surface area contributed by atoms with Crippen molar-refractivity contribution in [3.63, 3.8) is 0 Å². The van der Waals surface area contributed by atoms with E-state index in [1.165, 1.54) is 0 Å². The van der Waals surface area contributed by atoms with Crippen molar-refractivity contribution >= 4 is 23.2 Å². The maximum Gasteiger partial charge on any atom is 0.286 e. The number of hydrogen-bond donors (Lipinski definition) is 4. The molecule has 3 aromatic rings. The molecule has 3 aromatic carbocycles. The number of ether oxygens (including phenoxy) is 2. The van der Waals surface area contributed by atoms with E-state index in [0.29, 0.717) is 35.9 Å². The number of rotatable bonds is 10. The molecule has 8 heteroatoms. The summed E-state index contributed by atoms with van der Waals surface area (Å²) in [5, 5.41) is 14.9. The average molecular weight is 530 g/mol. The van der Waals surface area contributed by atoms with Crippen molar-refractivity contribution in [2.75, 3.05) is 11.1 Å². The van der Waals surface area contributed by atoms with Crippen LogP contribution in [0.2, 0.25) is 0 Å². The number of hydrogen-bond acceptors (Lipinski definition) is 6. The highest BCUT2D eigenvalue weighted by Crippen LogP contribution is 2.29. The summed E-state index contributed by atoms with van der Waals surface area (Å²) in [6.45, 7) is 4.83. The third-order valence-corrected chi connectivity index (χ3v) is 6.69. The van der Waals surface area contributed by atoms with Crippen LogP contribution in [0.3, 0.4) is 0 Å². The second kappa shape index (κ2) is 13.1. The van der Waals surface area contributed by atoms with Crippen LogP contribution in [0.1, 0.15) is 47.3 Å². The predicted octanol–water partition coefficient (Wildman–Crippen LogP) is 4.75. The molecule has 2 atom stereocenters. The zero-order valence-corrected chi connectivity index (χ0v) is 22.2. The second-order valence-corrected chi connectivity index (χ2v) is 9.93. The number of nitrogens with two attached hydrogens (primary N) is 1. The normalized spacial score (nSPS) is 16.8. The molecule has 4 rings (SSSR count). The van der Waals surface area contributed by atoms with Crippen LogP contribution in [0.15, 0.2) is 84.6 Å². The van der Waals surface area contributed by atoms with Gasteiger partial charge in [-0.25, -0.2) is 0 Å². The van der Waals surface area contributed by atoms with Crippen LogP contribution in [-0.2, 0) is 34.0 Å². The standard InChI is InChI=1S/C31H35N3O5/c1-20(2)25-15-28(39-29(16-25)38-19-23-9-7-22(18-35)8-10-23)31(37)33-17-21-11-13-24(14-12-21)30(36)34-27-6-4-3-5-26(27)32/h3-15,20,25,29,35H,16-19,32H2,1-2H3,(H,33,37)(H,34,36)/t25-,29+/m0/s1. The molecule has 0 saturated carbocycles. The highest BCUT2D eigenvalue weighted by Gasteiger charge is 2.29.